The largest absolute Gasteiger partial charge is 0.493 e. The molecule has 0 atom stereocenters. The van der Waals surface area contributed by atoms with E-state index in [1.165, 1.54) is 10.9 Å². The molecule has 1 aromatic carbocycles. The van der Waals surface area contributed by atoms with E-state index in [1.807, 2.05) is 0 Å². The molecule has 1 amide bonds. The van der Waals surface area contributed by atoms with Gasteiger partial charge in [0.1, 0.15) is 5.69 Å². The van der Waals surface area contributed by atoms with Gasteiger partial charge in [0, 0.05) is 6.54 Å². The topological polar surface area (TPSA) is 159 Å². The molecule has 0 radical (unpaired) electrons. The van der Waals surface area contributed by atoms with Crippen LogP contribution in [0.25, 0.3) is 5.82 Å². The molecule has 1 fully saturated rings. The van der Waals surface area contributed by atoms with Gasteiger partial charge in [0.05, 0.1) is 20.4 Å². The van der Waals surface area contributed by atoms with E-state index in [2.05, 4.69) is 40.7 Å². The lowest BCUT2D eigenvalue weighted by Crippen LogP contribution is -2.26. The number of rotatable bonds is 8. The van der Waals surface area contributed by atoms with Crippen LogP contribution in [-0.2, 0) is 6.54 Å². The fourth-order valence-electron chi connectivity index (χ4n) is 3.44. The molecule has 2 aromatic heterocycles. The Bertz CT molecular complexity index is 1120. The fourth-order valence-corrected chi connectivity index (χ4v) is 3.44. The third-order valence-electron chi connectivity index (χ3n) is 5.01. The molecule has 3 heterocycles. The smallest absolute Gasteiger partial charge is 0.292 e. The van der Waals surface area contributed by atoms with Crippen LogP contribution in [0.4, 0.5) is 5.82 Å². The number of nitrogens with two attached hydrogens (primary N) is 1. The molecule has 168 valence electrons. The van der Waals surface area contributed by atoms with Crippen molar-refractivity contribution in [1.29, 1.82) is 0 Å². The number of anilines is 1. The van der Waals surface area contributed by atoms with Crippen LogP contribution in [0, 0.1) is 0 Å². The summed E-state index contributed by atoms with van der Waals surface area (Å²) in [6.45, 7) is 2.32. The maximum atomic E-state index is 13.0. The Morgan fingerprint density at radius 3 is 2.72 bits per heavy atom. The standard InChI is InChI=1S/C19H23N9O4/c1-30-14-6-5-12(9-15(14)31-2)10-21-23-19(29)16-13(11-27-7-3-4-8-27)22-26-28(16)18-17(20)24-32-25-18/h5-6,9-10H,3-4,7-8,11H2,1-2H3,(H2,20,24)(H,23,29)/b21-10+. The number of nitrogen functional groups attached to an aromatic ring is 1. The lowest BCUT2D eigenvalue weighted by Gasteiger charge is -2.13. The number of likely N-dealkylation sites (tertiary alicyclic amines) is 1. The first-order valence-corrected chi connectivity index (χ1v) is 9.91. The SMILES string of the molecule is COc1ccc(/C=N/NC(=O)c2c(CN3CCCC3)nnn2-c2nonc2N)cc1OC. The molecule has 13 nitrogen and oxygen atoms in total. The van der Waals surface area contributed by atoms with Crippen molar-refractivity contribution >= 4 is 17.9 Å². The zero-order valence-corrected chi connectivity index (χ0v) is 17.7. The van der Waals surface area contributed by atoms with E-state index in [0.29, 0.717) is 29.3 Å². The number of hydrogen-bond donors (Lipinski definition) is 2. The van der Waals surface area contributed by atoms with Crippen LogP contribution >= 0.6 is 0 Å². The third-order valence-corrected chi connectivity index (χ3v) is 5.01. The number of nitrogens with one attached hydrogen (secondary N) is 1. The van der Waals surface area contributed by atoms with E-state index in [9.17, 15) is 4.79 Å². The van der Waals surface area contributed by atoms with Crippen molar-refractivity contribution in [2.75, 3.05) is 33.0 Å². The van der Waals surface area contributed by atoms with E-state index < -0.39 is 5.91 Å². The van der Waals surface area contributed by atoms with Crippen LogP contribution in [0.5, 0.6) is 11.5 Å². The number of methoxy groups -OCH3 is 2. The third kappa shape index (κ3) is 4.37. The summed E-state index contributed by atoms with van der Waals surface area (Å²) < 4.78 is 16.4. The molecular weight excluding hydrogens is 418 g/mol. The maximum absolute atomic E-state index is 13.0. The zero-order chi connectivity index (χ0) is 22.5. The van der Waals surface area contributed by atoms with Gasteiger partial charge in [-0.1, -0.05) is 5.21 Å². The first-order valence-electron chi connectivity index (χ1n) is 9.91. The molecule has 0 saturated carbocycles. The summed E-state index contributed by atoms with van der Waals surface area (Å²) in [7, 11) is 3.10. The molecule has 3 aromatic rings. The highest BCUT2D eigenvalue weighted by atomic mass is 16.6. The van der Waals surface area contributed by atoms with E-state index in [-0.39, 0.29) is 17.3 Å². The van der Waals surface area contributed by atoms with E-state index >= 15 is 0 Å². The molecule has 0 bridgehead atoms. The van der Waals surface area contributed by atoms with Gasteiger partial charge in [-0.2, -0.15) is 9.78 Å². The molecule has 0 spiro atoms. The molecule has 0 aliphatic carbocycles. The van der Waals surface area contributed by atoms with Gasteiger partial charge in [-0.15, -0.1) is 5.10 Å². The van der Waals surface area contributed by atoms with Crippen molar-refractivity contribution in [2.24, 2.45) is 5.10 Å². The van der Waals surface area contributed by atoms with Gasteiger partial charge in [-0.05, 0) is 60.0 Å². The van der Waals surface area contributed by atoms with Crippen molar-refractivity contribution < 1.29 is 18.9 Å². The Kier molecular flexibility index (Phi) is 6.26. The summed E-state index contributed by atoms with van der Waals surface area (Å²) in [6, 6.07) is 5.26. The van der Waals surface area contributed by atoms with Crippen LogP contribution in [0.1, 0.15) is 34.6 Å². The summed E-state index contributed by atoms with van der Waals surface area (Å²) in [4.78, 5) is 15.2. The molecule has 32 heavy (non-hydrogen) atoms. The Balaban J connectivity index is 1.57. The quantitative estimate of drug-likeness (QED) is 0.374. The monoisotopic (exact) mass is 441 g/mol. The van der Waals surface area contributed by atoms with Crippen molar-refractivity contribution in [3.8, 4) is 17.3 Å². The number of carbonyl (C=O) groups is 1. The van der Waals surface area contributed by atoms with Crippen LogP contribution in [-0.4, -0.2) is 69.6 Å². The summed E-state index contributed by atoms with van der Waals surface area (Å²) >= 11 is 0. The molecule has 1 aliphatic rings. The Hall–Kier alpha value is -4.00. The molecule has 4 rings (SSSR count). The second-order valence-electron chi connectivity index (χ2n) is 7.07. The van der Waals surface area contributed by atoms with Crippen molar-refractivity contribution in [1.82, 2.24) is 35.6 Å². The minimum atomic E-state index is -0.525. The normalized spacial score (nSPS) is 14.2. The van der Waals surface area contributed by atoms with Gasteiger partial charge >= 0.3 is 0 Å². The molecule has 1 saturated heterocycles. The molecule has 13 heteroatoms. The van der Waals surface area contributed by atoms with Crippen LogP contribution < -0.4 is 20.6 Å². The average Bonchev–Trinajstić information content (AvgIpc) is 3.55. The summed E-state index contributed by atoms with van der Waals surface area (Å²) in [5.41, 5.74) is 9.64. The van der Waals surface area contributed by atoms with Gasteiger partial charge in [0.2, 0.25) is 11.6 Å². The van der Waals surface area contributed by atoms with E-state index in [0.717, 1.165) is 25.9 Å². The lowest BCUT2D eigenvalue weighted by molar-refractivity contribution is 0.0945. The van der Waals surface area contributed by atoms with Crippen LogP contribution in [0.2, 0.25) is 0 Å². The van der Waals surface area contributed by atoms with E-state index in [4.69, 9.17) is 15.2 Å². The number of carbonyl (C=O) groups excluding carboxylic acids is 1. The van der Waals surface area contributed by atoms with Gasteiger partial charge in [0.25, 0.3) is 5.91 Å². The van der Waals surface area contributed by atoms with E-state index in [1.54, 1.807) is 32.4 Å². The minimum absolute atomic E-state index is 0.00879. The number of hydrogen-bond acceptors (Lipinski definition) is 11. The van der Waals surface area contributed by atoms with Crippen molar-refractivity contribution in [3.05, 3.63) is 35.2 Å². The lowest BCUT2D eigenvalue weighted by atomic mass is 10.2. The number of hydrazone groups is 1. The van der Waals surface area contributed by atoms with Gasteiger partial charge in [-0.3, -0.25) is 9.69 Å². The van der Waals surface area contributed by atoms with Crippen LogP contribution in [0.3, 0.4) is 0 Å². The molecule has 1 aliphatic heterocycles. The fraction of sp³-hybridized carbons (Fsp3) is 0.368. The zero-order valence-electron chi connectivity index (χ0n) is 17.7. The van der Waals surface area contributed by atoms with Gasteiger partial charge in [0.15, 0.2) is 17.2 Å². The number of ether oxygens (including phenoxy) is 2. The second-order valence-corrected chi connectivity index (χ2v) is 7.07. The summed E-state index contributed by atoms with van der Waals surface area (Å²) in [5.74, 6) is 0.689. The first kappa shape index (κ1) is 21.2. The highest BCUT2D eigenvalue weighted by molar-refractivity contribution is 5.95. The highest BCUT2D eigenvalue weighted by Crippen LogP contribution is 2.26. The minimum Gasteiger partial charge on any atom is -0.493 e. The van der Waals surface area contributed by atoms with Crippen molar-refractivity contribution in [3.63, 3.8) is 0 Å². The number of benzene rings is 1. The van der Waals surface area contributed by atoms with Gasteiger partial charge in [-0.25, -0.2) is 10.1 Å². The highest BCUT2D eigenvalue weighted by Gasteiger charge is 2.26. The maximum Gasteiger partial charge on any atom is 0.292 e. The predicted octanol–water partition coefficient (Wildman–Crippen LogP) is 0.609. The Morgan fingerprint density at radius 2 is 2.03 bits per heavy atom. The number of nitrogens with zero attached hydrogens (tertiary/aromatic N) is 7. The van der Waals surface area contributed by atoms with Crippen molar-refractivity contribution in [2.45, 2.75) is 19.4 Å². The Labute approximate surface area is 183 Å². The molecule has 3 N–H and O–H groups in total. The summed E-state index contributed by atoms with van der Waals surface area (Å²) in [5, 5.41) is 19.5. The number of amides is 1. The van der Waals surface area contributed by atoms with Gasteiger partial charge < -0.3 is 15.2 Å². The van der Waals surface area contributed by atoms with Crippen LogP contribution in [0.15, 0.2) is 27.9 Å². The first-order chi connectivity index (χ1) is 15.6. The Morgan fingerprint density at radius 1 is 1.25 bits per heavy atom. The number of aromatic nitrogens is 5. The predicted molar refractivity (Wildman–Crippen MR) is 113 cm³/mol. The summed E-state index contributed by atoms with van der Waals surface area (Å²) in [6.07, 6.45) is 3.69. The second kappa shape index (κ2) is 9.43. The molecule has 0 unspecified atom stereocenters. The average molecular weight is 441 g/mol. The molecular formula is C19H23N9O4.